The number of carbonyl (C=O) groups excluding carboxylic acids is 1. The van der Waals surface area contributed by atoms with Crippen molar-refractivity contribution in [3.63, 3.8) is 0 Å². The fraction of sp³-hybridized carbons (Fsp3) is 0.917. The van der Waals surface area contributed by atoms with Gasteiger partial charge in [-0.2, -0.15) is 0 Å². The standard InChI is InChI=1S/C12H21NO3S/c1-9-10(2)13(6-4-11(9)14)12(3)5-7-17(15,16)8-12/h9-10H,4-8H2,1-3H3. The highest BCUT2D eigenvalue weighted by molar-refractivity contribution is 7.91. The summed E-state index contributed by atoms with van der Waals surface area (Å²) in [5.74, 6) is 0.849. The largest absolute Gasteiger partial charge is 0.299 e. The van der Waals surface area contributed by atoms with E-state index in [1.807, 2.05) is 20.8 Å². The van der Waals surface area contributed by atoms with E-state index in [0.29, 0.717) is 25.2 Å². The normalized spacial score (nSPS) is 42.9. The molecule has 0 aromatic rings. The summed E-state index contributed by atoms with van der Waals surface area (Å²) in [6, 6.07) is 0.148. The summed E-state index contributed by atoms with van der Waals surface area (Å²) in [5, 5.41) is 0. The quantitative estimate of drug-likeness (QED) is 0.701. The molecule has 0 spiro atoms. The molecule has 0 aliphatic carbocycles. The van der Waals surface area contributed by atoms with Crippen LogP contribution in [0.1, 0.15) is 33.6 Å². The maximum atomic E-state index is 11.7. The van der Waals surface area contributed by atoms with Crippen molar-refractivity contribution in [1.29, 1.82) is 0 Å². The highest BCUT2D eigenvalue weighted by Crippen LogP contribution is 2.35. The Morgan fingerprint density at radius 2 is 2.00 bits per heavy atom. The Morgan fingerprint density at radius 1 is 1.35 bits per heavy atom. The minimum atomic E-state index is -2.88. The van der Waals surface area contributed by atoms with Gasteiger partial charge in [-0.05, 0) is 20.3 Å². The molecule has 2 aliphatic rings. The molecule has 4 nitrogen and oxygen atoms in total. The molecule has 0 aromatic heterocycles. The van der Waals surface area contributed by atoms with Crippen molar-refractivity contribution in [2.75, 3.05) is 18.1 Å². The maximum Gasteiger partial charge on any atom is 0.152 e. The first kappa shape index (κ1) is 13.0. The van der Waals surface area contributed by atoms with Crippen LogP contribution in [0.15, 0.2) is 0 Å². The first-order valence-corrected chi connectivity index (χ1v) is 8.07. The molecule has 2 saturated heterocycles. The van der Waals surface area contributed by atoms with E-state index in [1.54, 1.807) is 0 Å². The molecule has 0 bridgehead atoms. The molecule has 2 heterocycles. The second-order valence-electron chi connectivity index (χ2n) is 5.78. The van der Waals surface area contributed by atoms with E-state index in [2.05, 4.69) is 4.90 Å². The summed E-state index contributed by atoms with van der Waals surface area (Å²) in [5.41, 5.74) is -0.271. The topological polar surface area (TPSA) is 54.5 Å². The van der Waals surface area contributed by atoms with Crippen LogP contribution >= 0.6 is 0 Å². The molecular formula is C12H21NO3S. The van der Waals surface area contributed by atoms with Crippen LogP contribution in [-0.2, 0) is 14.6 Å². The number of hydrogen-bond donors (Lipinski definition) is 0. The first-order chi connectivity index (χ1) is 7.75. The minimum Gasteiger partial charge on any atom is -0.299 e. The molecule has 2 aliphatic heterocycles. The fourth-order valence-corrected chi connectivity index (χ4v) is 5.34. The second kappa shape index (κ2) is 4.05. The number of carbonyl (C=O) groups is 1. The zero-order valence-electron chi connectivity index (χ0n) is 10.8. The highest BCUT2D eigenvalue weighted by Gasteiger charge is 2.47. The predicted molar refractivity (Wildman–Crippen MR) is 66.6 cm³/mol. The molecule has 0 radical (unpaired) electrons. The average Bonchev–Trinajstić information content (AvgIpc) is 2.50. The van der Waals surface area contributed by atoms with Crippen LogP contribution in [0.5, 0.6) is 0 Å². The van der Waals surface area contributed by atoms with E-state index in [-0.39, 0.29) is 29.0 Å². The SMILES string of the molecule is CC1C(=O)CCN(C2(C)CCS(=O)(=O)C2)C1C. The minimum absolute atomic E-state index is 0.0175. The van der Waals surface area contributed by atoms with Gasteiger partial charge in [-0.1, -0.05) is 6.92 Å². The van der Waals surface area contributed by atoms with Crippen LogP contribution in [0.2, 0.25) is 0 Å². The Morgan fingerprint density at radius 3 is 2.53 bits per heavy atom. The summed E-state index contributed by atoms with van der Waals surface area (Å²) in [7, 11) is -2.88. The van der Waals surface area contributed by atoms with Crippen molar-refractivity contribution in [2.45, 2.75) is 45.2 Å². The second-order valence-corrected chi connectivity index (χ2v) is 7.96. The van der Waals surface area contributed by atoms with Crippen molar-refractivity contribution >= 4 is 15.6 Å². The van der Waals surface area contributed by atoms with Gasteiger partial charge in [0, 0.05) is 30.5 Å². The summed E-state index contributed by atoms with van der Waals surface area (Å²) in [6.07, 6.45) is 1.25. The zero-order chi connectivity index (χ0) is 12.8. The molecule has 98 valence electrons. The molecule has 17 heavy (non-hydrogen) atoms. The molecule has 3 atom stereocenters. The Balaban J connectivity index is 2.21. The summed E-state index contributed by atoms with van der Waals surface area (Å²) in [6.45, 7) is 6.72. The van der Waals surface area contributed by atoms with E-state index in [9.17, 15) is 13.2 Å². The Kier molecular flexibility index (Phi) is 3.11. The summed E-state index contributed by atoms with van der Waals surface area (Å²) < 4.78 is 23.3. The zero-order valence-corrected chi connectivity index (χ0v) is 11.6. The molecule has 5 heteroatoms. The Labute approximate surface area is 103 Å². The van der Waals surface area contributed by atoms with Gasteiger partial charge in [0.25, 0.3) is 0 Å². The van der Waals surface area contributed by atoms with Gasteiger partial charge < -0.3 is 0 Å². The lowest BCUT2D eigenvalue weighted by atomic mass is 9.85. The number of piperidine rings is 1. The van der Waals surface area contributed by atoms with Crippen LogP contribution in [0.25, 0.3) is 0 Å². The van der Waals surface area contributed by atoms with Crippen LogP contribution in [0, 0.1) is 5.92 Å². The van der Waals surface area contributed by atoms with E-state index in [4.69, 9.17) is 0 Å². The fourth-order valence-electron chi connectivity index (χ4n) is 3.18. The molecule has 0 aromatic carbocycles. The van der Waals surface area contributed by atoms with Crippen LogP contribution in [0.4, 0.5) is 0 Å². The van der Waals surface area contributed by atoms with Crippen molar-refractivity contribution in [3.05, 3.63) is 0 Å². The maximum absolute atomic E-state index is 11.7. The molecular weight excluding hydrogens is 238 g/mol. The van der Waals surface area contributed by atoms with Gasteiger partial charge in [-0.25, -0.2) is 8.42 Å². The average molecular weight is 259 g/mol. The third kappa shape index (κ3) is 2.27. The van der Waals surface area contributed by atoms with Crippen LogP contribution in [-0.4, -0.2) is 48.7 Å². The third-order valence-corrected chi connectivity index (χ3v) is 6.39. The van der Waals surface area contributed by atoms with Gasteiger partial charge in [0.15, 0.2) is 9.84 Å². The lowest BCUT2D eigenvalue weighted by Crippen LogP contribution is -2.58. The van der Waals surface area contributed by atoms with E-state index < -0.39 is 9.84 Å². The lowest BCUT2D eigenvalue weighted by Gasteiger charge is -2.46. The number of sulfone groups is 1. The summed E-state index contributed by atoms with van der Waals surface area (Å²) in [4.78, 5) is 13.9. The van der Waals surface area contributed by atoms with Gasteiger partial charge in [0.05, 0.1) is 11.5 Å². The van der Waals surface area contributed by atoms with Gasteiger partial charge in [0.2, 0.25) is 0 Å². The van der Waals surface area contributed by atoms with Crippen molar-refractivity contribution in [3.8, 4) is 0 Å². The number of likely N-dealkylation sites (tertiary alicyclic amines) is 1. The smallest absolute Gasteiger partial charge is 0.152 e. The molecule has 0 saturated carbocycles. The number of ketones is 1. The Hall–Kier alpha value is -0.420. The van der Waals surface area contributed by atoms with E-state index in [1.165, 1.54) is 0 Å². The number of rotatable bonds is 1. The van der Waals surface area contributed by atoms with Crippen molar-refractivity contribution in [1.82, 2.24) is 4.90 Å². The molecule has 0 amide bonds. The Bertz CT molecular complexity index is 431. The van der Waals surface area contributed by atoms with Gasteiger partial charge >= 0.3 is 0 Å². The van der Waals surface area contributed by atoms with Crippen molar-refractivity contribution in [2.24, 2.45) is 5.92 Å². The van der Waals surface area contributed by atoms with Gasteiger partial charge in [-0.15, -0.1) is 0 Å². The molecule has 0 N–H and O–H groups in total. The third-order valence-electron chi connectivity index (χ3n) is 4.50. The van der Waals surface area contributed by atoms with Crippen LogP contribution < -0.4 is 0 Å². The predicted octanol–water partition coefficient (Wildman–Crippen LogP) is 0.863. The molecule has 2 fully saturated rings. The van der Waals surface area contributed by atoms with E-state index in [0.717, 1.165) is 0 Å². The van der Waals surface area contributed by atoms with Gasteiger partial charge in [0.1, 0.15) is 5.78 Å². The van der Waals surface area contributed by atoms with E-state index >= 15 is 0 Å². The van der Waals surface area contributed by atoms with Crippen molar-refractivity contribution < 1.29 is 13.2 Å². The number of hydrogen-bond acceptors (Lipinski definition) is 4. The van der Waals surface area contributed by atoms with Gasteiger partial charge in [-0.3, -0.25) is 9.69 Å². The monoisotopic (exact) mass is 259 g/mol. The molecule has 2 rings (SSSR count). The highest BCUT2D eigenvalue weighted by atomic mass is 32.2. The lowest BCUT2D eigenvalue weighted by molar-refractivity contribution is -0.130. The first-order valence-electron chi connectivity index (χ1n) is 6.25. The number of Topliss-reactive ketones (excluding diaryl/α,β-unsaturated/α-hetero) is 1. The molecule has 3 unspecified atom stereocenters. The summed E-state index contributed by atoms with van der Waals surface area (Å²) >= 11 is 0. The van der Waals surface area contributed by atoms with Crippen LogP contribution in [0.3, 0.4) is 0 Å². The number of nitrogens with zero attached hydrogens (tertiary/aromatic N) is 1.